The van der Waals surface area contributed by atoms with Gasteiger partial charge in [-0.3, -0.25) is 19.6 Å². The van der Waals surface area contributed by atoms with Gasteiger partial charge in [0.15, 0.2) is 0 Å². The number of hydrogen-bond acceptors (Lipinski definition) is 6. The number of non-ortho nitro benzene ring substituents is 1. The largest absolute Gasteiger partial charge is 0.462 e. The van der Waals surface area contributed by atoms with E-state index in [2.05, 4.69) is 5.10 Å². The SMILES string of the molecule is CCOC(=O)c1cc(C(=O)N(CC)c2cnn(C)c2)cc([N+](=O)[O-])c1. The molecule has 2 rings (SSSR count). The summed E-state index contributed by atoms with van der Waals surface area (Å²) >= 11 is 0. The second kappa shape index (κ2) is 7.56. The van der Waals surface area contributed by atoms with Crippen LogP contribution in [0, 0.1) is 10.1 Å². The summed E-state index contributed by atoms with van der Waals surface area (Å²) in [6.07, 6.45) is 3.18. The topological polar surface area (TPSA) is 108 Å². The Morgan fingerprint density at radius 2 is 1.96 bits per heavy atom. The number of nitro benzene ring substituents is 1. The summed E-state index contributed by atoms with van der Waals surface area (Å²) in [5, 5.41) is 15.2. The molecule has 0 saturated carbocycles. The summed E-state index contributed by atoms with van der Waals surface area (Å²) in [6, 6.07) is 3.53. The van der Waals surface area contributed by atoms with Crippen LogP contribution in [0.2, 0.25) is 0 Å². The van der Waals surface area contributed by atoms with Crippen molar-refractivity contribution in [2.24, 2.45) is 7.05 Å². The number of carbonyl (C=O) groups is 2. The summed E-state index contributed by atoms with van der Waals surface area (Å²) < 4.78 is 6.42. The Kier molecular flexibility index (Phi) is 5.48. The molecule has 1 heterocycles. The van der Waals surface area contributed by atoms with Crippen LogP contribution in [0.4, 0.5) is 11.4 Å². The number of rotatable bonds is 6. The van der Waals surface area contributed by atoms with Gasteiger partial charge in [0, 0.05) is 37.5 Å². The molecule has 0 radical (unpaired) electrons. The van der Waals surface area contributed by atoms with Crippen LogP contribution in [0.25, 0.3) is 0 Å². The minimum absolute atomic E-state index is 0.0305. The molecule has 9 heteroatoms. The predicted molar refractivity (Wildman–Crippen MR) is 89.6 cm³/mol. The number of amides is 1. The van der Waals surface area contributed by atoms with Crippen LogP contribution in [0.3, 0.4) is 0 Å². The molecule has 9 nitrogen and oxygen atoms in total. The lowest BCUT2D eigenvalue weighted by molar-refractivity contribution is -0.384. The number of nitro groups is 1. The molecule has 0 spiro atoms. The summed E-state index contributed by atoms with van der Waals surface area (Å²) in [4.78, 5) is 36.6. The molecule has 25 heavy (non-hydrogen) atoms. The zero-order valence-corrected chi connectivity index (χ0v) is 14.1. The lowest BCUT2D eigenvalue weighted by Crippen LogP contribution is -2.30. The quantitative estimate of drug-likeness (QED) is 0.451. The van der Waals surface area contributed by atoms with E-state index in [4.69, 9.17) is 4.74 Å². The minimum atomic E-state index is -0.718. The van der Waals surface area contributed by atoms with Gasteiger partial charge in [0.2, 0.25) is 0 Å². The van der Waals surface area contributed by atoms with Crippen molar-refractivity contribution < 1.29 is 19.2 Å². The van der Waals surface area contributed by atoms with Gasteiger partial charge in [-0.2, -0.15) is 5.10 Å². The number of aromatic nitrogens is 2. The molecule has 0 saturated heterocycles. The van der Waals surface area contributed by atoms with Gasteiger partial charge in [0.05, 0.1) is 29.0 Å². The van der Waals surface area contributed by atoms with Crippen LogP contribution in [-0.4, -0.2) is 39.7 Å². The molecule has 1 aromatic carbocycles. The highest BCUT2D eigenvalue weighted by molar-refractivity contribution is 6.07. The zero-order chi connectivity index (χ0) is 18.6. The molecule has 0 N–H and O–H groups in total. The summed E-state index contributed by atoms with van der Waals surface area (Å²) in [7, 11) is 1.72. The van der Waals surface area contributed by atoms with Crippen LogP contribution in [0.5, 0.6) is 0 Å². The molecule has 0 unspecified atom stereocenters. The number of carbonyl (C=O) groups excluding carboxylic acids is 2. The summed E-state index contributed by atoms with van der Waals surface area (Å²) in [6.45, 7) is 3.86. The monoisotopic (exact) mass is 346 g/mol. The van der Waals surface area contributed by atoms with Crippen molar-refractivity contribution in [3.8, 4) is 0 Å². The second-order valence-electron chi connectivity index (χ2n) is 5.17. The number of benzene rings is 1. The van der Waals surface area contributed by atoms with Crippen LogP contribution in [-0.2, 0) is 11.8 Å². The van der Waals surface area contributed by atoms with Crippen molar-refractivity contribution >= 4 is 23.3 Å². The van der Waals surface area contributed by atoms with E-state index < -0.39 is 16.8 Å². The van der Waals surface area contributed by atoms with Crippen molar-refractivity contribution in [1.82, 2.24) is 9.78 Å². The molecule has 0 aliphatic rings. The Morgan fingerprint density at radius 1 is 1.28 bits per heavy atom. The van der Waals surface area contributed by atoms with Crippen LogP contribution >= 0.6 is 0 Å². The van der Waals surface area contributed by atoms with Crippen molar-refractivity contribution in [2.45, 2.75) is 13.8 Å². The Bertz CT molecular complexity index is 815. The van der Waals surface area contributed by atoms with Gasteiger partial charge in [-0.25, -0.2) is 4.79 Å². The van der Waals surface area contributed by atoms with E-state index in [0.717, 1.165) is 12.1 Å². The molecule has 2 aromatic rings. The molecule has 0 aliphatic carbocycles. The van der Waals surface area contributed by atoms with Gasteiger partial charge in [-0.15, -0.1) is 0 Å². The smallest absolute Gasteiger partial charge is 0.338 e. The fourth-order valence-corrected chi connectivity index (χ4v) is 2.32. The van der Waals surface area contributed by atoms with Gasteiger partial charge in [0.1, 0.15) is 0 Å². The van der Waals surface area contributed by atoms with Crippen molar-refractivity contribution in [1.29, 1.82) is 0 Å². The normalized spacial score (nSPS) is 10.4. The number of aryl methyl sites for hydroxylation is 1. The van der Waals surface area contributed by atoms with Crippen molar-refractivity contribution in [2.75, 3.05) is 18.1 Å². The first-order valence-corrected chi connectivity index (χ1v) is 7.64. The third-order valence-corrected chi connectivity index (χ3v) is 3.45. The van der Waals surface area contributed by atoms with E-state index in [1.807, 2.05) is 0 Å². The molecule has 0 fully saturated rings. The van der Waals surface area contributed by atoms with E-state index in [1.54, 1.807) is 31.8 Å². The molecule has 0 aliphatic heterocycles. The minimum Gasteiger partial charge on any atom is -0.462 e. The van der Waals surface area contributed by atoms with Crippen molar-refractivity contribution in [3.63, 3.8) is 0 Å². The van der Waals surface area contributed by atoms with E-state index in [-0.39, 0.29) is 23.4 Å². The van der Waals surface area contributed by atoms with Crippen LogP contribution in [0.1, 0.15) is 34.6 Å². The number of nitrogens with zero attached hydrogens (tertiary/aromatic N) is 4. The highest BCUT2D eigenvalue weighted by atomic mass is 16.6. The lowest BCUT2D eigenvalue weighted by atomic mass is 10.1. The van der Waals surface area contributed by atoms with Gasteiger partial charge in [-0.05, 0) is 19.9 Å². The third-order valence-electron chi connectivity index (χ3n) is 3.45. The maximum atomic E-state index is 12.8. The highest BCUT2D eigenvalue weighted by Gasteiger charge is 2.23. The first kappa shape index (κ1) is 18.1. The van der Waals surface area contributed by atoms with Crippen LogP contribution in [0.15, 0.2) is 30.6 Å². The summed E-state index contributed by atoms with van der Waals surface area (Å²) in [5.41, 5.74) is 0.194. The van der Waals surface area contributed by atoms with E-state index in [9.17, 15) is 19.7 Å². The average Bonchev–Trinajstić information content (AvgIpc) is 3.01. The fraction of sp³-hybridized carbons (Fsp3) is 0.312. The molecule has 132 valence electrons. The molecule has 0 atom stereocenters. The van der Waals surface area contributed by atoms with Gasteiger partial charge >= 0.3 is 5.97 Å². The van der Waals surface area contributed by atoms with Crippen molar-refractivity contribution in [3.05, 3.63) is 51.8 Å². The molecular formula is C16H18N4O5. The average molecular weight is 346 g/mol. The highest BCUT2D eigenvalue weighted by Crippen LogP contribution is 2.22. The van der Waals surface area contributed by atoms with Gasteiger partial charge in [-0.1, -0.05) is 0 Å². The van der Waals surface area contributed by atoms with Gasteiger partial charge in [0.25, 0.3) is 11.6 Å². The maximum Gasteiger partial charge on any atom is 0.338 e. The van der Waals surface area contributed by atoms with E-state index in [0.29, 0.717) is 12.2 Å². The van der Waals surface area contributed by atoms with Gasteiger partial charge < -0.3 is 9.64 Å². The number of esters is 1. The fourth-order valence-electron chi connectivity index (χ4n) is 2.32. The Hall–Kier alpha value is -3.23. The van der Waals surface area contributed by atoms with E-state index in [1.165, 1.54) is 17.2 Å². The van der Waals surface area contributed by atoms with Crippen LogP contribution < -0.4 is 4.90 Å². The number of ether oxygens (including phenoxy) is 1. The molecule has 1 aromatic heterocycles. The third kappa shape index (κ3) is 4.00. The lowest BCUT2D eigenvalue weighted by Gasteiger charge is -2.19. The zero-order valence-electron chi connectivity index (χ0n) is 14.1. The standard InChI is InChI=1S/C16H18N4O5/c1-4-19(14-9-17-18(3)10-14)15(21)11-6-12(16(22)25-5-2)8-13(7-11)20(23)24/h6-10H,4-5H2,1-3H3. The predicted octanol–water partition coefficient (Wildman–Crippen LogP) is 2.17. The number of anilines is 1. The summed E-state index contributed by atoms with van der Waals surface area (Å²) in [5.74, 6) is -1.19. The molecule has 1 amide bonds. The second-order valence-corrected chi connectivity index (χ2v) is 5.17. The Balaban J connectivity index is 2.46. The first-order chi connectivity index (χ1) is 11.9. The molecule has 0 bridgehead atoms. The first-order valence-electron chi connectivity index (χ1n) is 7.64. The molecular weight excluding hydrogens is 328 g/mol. The number of hydrogen-bond donors (Lipinski definition) is 0. The Morgan fingerprint density at radius 3 is 2.48 bits per heavy atom. The van der Waals surface area contributed by atoms with E-state index >= 15 is 0 Å². The Labute approximate surface area is 143 Å². The maximum absolute atomic E-state index is 12.8.